The number of hydrogen-bond donors (Lipinski definition) is 0. The van der Waals surface area contributed by atoms with Crippen molar-refractivity contribution in [3.63, 3.8) is 0 Å². The quantitative estimate of drug-likeness (QED) is 0.797. The highest BCUT2D eigenvalue weighted by Crippen LogP contribution is 2.49. The second kappa shape index (κ2) is 4.98. The molecular formula is C16H12F3NO. The van der Waals surface area contributed by atoms with Gasteiger partial charge in [0.15, 0.2) is 5.78 Å². The minimum absolute atomic E-state index is 0.0139. The monoisotopic (exact) mass is 291 g/mol. The Hall–Kier alpha value is -2.17. The molecule has 0 N–H and O–H groups in total. The summed E-state index contributed by atoms with van der Waals surface area (Å²) in [5, 5.41) is 0. The van der Waals surface area contributed by atoms with E-state index in [0.717, 1.165) is 24.0 Å². The second-order valence-electron chi connectivity index (χ2n) is 5.14. The van der Waals surface area contributed by atoms with Crippen molar-refractivity contribution in [1.29, 1.82) is 0 Å². The van der Waals surface area contributed by atoms with Crippen LogP contribution in [-0.2, 0) is 6.18 Å². The lowest BCUT2D eigenvalue weighted by Gasteiger charge is -2.11. The van der Waals surface area contributed by atoms with Gasteiger partial charge in [0.1, 0.15) is 0 Å². The molecule has 21 heavy (non-hydrogen) atoms. The minimum atomic E-state index is -4.54. The van der Waals surface area contributed by atoms with Gasteiger partial charge in [0.25, 0.3) is 0 Å². The molecule has 108 valence electrons. The fourth-order valence-corrected chi connectivity index (χ4v) is 2.59. The zero-order valence-electron chi connectivity index (χ0n) is 11.0. The zero-order valence-corrected chi connectivity index (χ0v) is 11.0. The molecule has 2 unspecified atom stereocenters. The molecule has 2 aromatic rings. The number of alkyl halides is 3. The van der Waals surface area contributed by atoms with Crippen LogP contribution in [-0.4, -0.2) is 10.8 Å². The van der Waals surface area contributed by atoms with Gasteiger partial charge in [0.05, 0.1) is 5.56 Å². The van der Waals surface area contributed by atoms with Gasteiger partial charge in [0, 0.05) is 23.9 Å². The van der Waals surface area contributed by atoms with E-state index in [4.69, 9.17) is 0 Å². The number of benzene rings is 1. The van der Waals surface area contributed by atoms with Crippen molar-refractivity contribution in [2.75, 3.05) is 0 Å². The number of rotatable bonds is 3. The third-order valence-electron chi connectivity index (χ3n) is 3.75. The van der Waals surface area contributed by atoms with Crippen molar-refractivity contribution >= 4 is 5.78 Å². The number of carbonyl (C=O) groups excluding carboxylic acids is 1. The van der Waals surface area contributed by atoms with Crippen LogP contribution in [0.2, 0.25) is 0 Å². The maximum Gasteiger partial charge on any atom is 0.417 e. The van der Waals surface area contributed by atoms with Gasteiger partial charge >= 0.3 is 6.18 Å². The molecule has 2 atom stereocenters. The largest absolute Gasteiger partial charge is 0.417 e. The van der Waals surface area contributed by atoms with E-state index in [2.05, 4.69) is 4.98 Å². The first kappa shape index (κ1) is 13.8. The molecule has 1 aromatic carbocycles. The molecule has 1 aliphatic carbocycles. The Balaban J connectivity index is 1.85. The van der Waals surface area contributed by atoms with Gasteiger partial charge in [-0.2, -0.15) is 13.2 Å². The molecule has 1 aliphatic rings. The molecule has 5 heteroatoms. The van der Waals surface area contributed by atoms with E-state index in [1.807, 2.05) is 30.3 Å². The van der Waals surface area contributed by atoms with Crippen molar-refractivity contribution in [3.05, 3.63) is 65.5 Å². The van der Waals surface area contributed by atoms with Crippen molar-refractivity contribution < 1.29 is 18.0 Å². The molecule has 1 heterocycles. The maximum atomic E-state index is 12.9. The smallest absolute Gasteiger partial charge is 0.294 e. The van der Waals surface area contributed by atoms with E-state index >= 15 is 0 Å². The average molecular weight is 291 g/mol. The first-order chi connectivity index (χ1) is 9.98. The number of hydrogen-bond acceptors (Lipinski definition) is 2. The first-order valence-corrected chi connectivity index (χ1v) is 6.59. The van der Waals surface area contributed by atoms with Crippen molar-refractivity contribution in [3.8, 4) is 0 Å². The number of pyridine rings is 1. The van der Waals surface area contributed by atoms with Crippen LogP contribution in [0.5, 0.6) is 0 Å². The molecule has 0 bridgehead atoms. The van der Waals surface area contributed by atoms with Crippen LogP contribution in [0, 0.1) is 5.92 Å². The van der Waals surface area contributed by atoms with Gasteiger partial charge in [-0.3, -0.25) is 9.78 Å². The Morgan fingerprint density at radius 1 is 1.14 bits per heavy atom. The summed E-state index contributed by atoms with van der Waals surface area (Å²) in [6.07, 6.45) is -1.87. The molecule has 0 radical (unpaired) electrons. The standard InChI is InChI=1S/C16H12F3NO/c17-16(18,19)14-6-7-20-9-13(14)15(21)12-8-11(12)10-4-2-1-3-5-10/h1-7,9,11-12H,8H2. The van der Waals surface area contributed by atoms with E-state index in [0.29, 0.717) is 6.42 Å². The Labute approximate surface area is 119 Å². The molecule has 0 aliphatic heterocycles. The van der Waals surface area contributed by atoms with E-state index < -0.39 is 17.5 Å². The highest BCUT2D eigenvalue weighted by Gasteiger charge is 2.46. The molecule has 1 fully saturated rings. The van der Waals surface area contributed by atoms with Crippen LogP contribution in [0.15, 0.2) is 48.8 Å². The lowest BCUT2D eigenvalue weighted by molar-refractivity contribution is -0.138. The lowest BCUT2D eigenvalue weighted by atomic mass is 10.00. The van der Waals surface area contributed by atoms with Crippen molar-refractivity contribution in [2.24, 2.45) is 5.92 Å². The van der Waals surface area contributed by atoms with Gasteiger partial charge in [-0.1, -0.05) is 30.3 Å². The van der Waals surface area contributed by atoms with Gasteiger partial charge in [-0.05, 0) is 24.0 Å². The second-order valence-corrected chi connectivity index (χ2v) is 5.14. The Bertz CT molecular complexity index is 667. The molecule has 0 saturated heterocycles. The molecule has 0 amide bonds. The van der Waals surface area contributed by atoms with Crippen LogP contribution in [0.3, 0.4) is 0 Å². The average Bonchev–Trinajstić information content (AvgIpc) is 3.27. The number of nitrogens with zero attached hydrogens (tertiary/aromatic N) is 1. The van der Waals surface area contributed by atoms with Crippen molar-refractivity contribution in [2.45, 2.75) is 18.5 Å². The number of carbonyl (C=O) groups is 1. The van der Waals surface area contributed by atoms with Crippen LogP contribution < -0.4 is 0 Å². The van der Waals surface area contributed by atoms with E-state index in [1.165, 1.54) is 0 Å². The SMILES string of the molecule is O=C(c1cnccc1C(F)(F)F)C1CC1c1ccccc1. The Morgan fingerprint density at radius 2 is 1.86 bits per heavy atom. The summed E-state index contributed by atoms with van der Waals surface area (Å²) in [5.41, 5.74) is -0.233. The Morgan fingerprint density at radius 3 is 2.52 bits per heavy atom. The van der Waals surface area contributed by atoms with Gasteiger partial charge in [0.2, 0.25) is 0 Å². The number of halogens is 3. The fourth-order valence-electron chi connectivity index (χ4n) is 2.59. The fraction of sp³-hybridized carbons (Fsp3) is 0.250. The summed E-state index contributed by atoms with van der Waals surface area (Å²) in [5.74, 6) is -0.832. The van der Waals surface area contributed by atoms with E-state index in [9.17, 15) is 18.0 Å². The third-order valence-corrected chi connectivity index (χ3v) is 3.75. The van der Waals surface area contributed by atoms with Crippen LogP contribution in [0.4, 0.5) is 13.2 Å². The predicted molar refractivity (Wildman–Crippen MR) is 70.9 cm³/mol. The van der Waals surface area contributed by atoms with Gasteiger partial charge in [-0.15, -0.1) is 0 Å². The van der Waals surface area contributed by atoms with Crippen molar-refractivity contribution in [1.82, 2.24) is 4.98 Å². The molecule has 0 spiro atoms. The number of aromatic nitrogens is 1. The lowest BCUT2D eigenvalue weighted by Crippen LogP contribution is -2.15. The van der Waals surface area contributed by atoms with E-state index in [1.54, 1.807) is 0 Å². The highest BCUT2D eigenvalue weighted by atomic mass is 19.4. The Kier molecular flexibility index (Phi) is 3.27. The molecule has 2 nitrogen and oxygen atoms in total. The molecular weight excluding hydrogens is 279 g/mol. The minimum Gasteiger partial charge on any atom is -0.294 e. The maximum absolute atomic E-state index is 12.9. The highest BCUT2D eigenvalue weighted by molar-refractivity contribution is 6.01. The third kappa shape index (κ3) is 2.68. The summed E-state index contributed by atoms with van der Waals surface area (Å²) >= 11 is 0. The molecule has 1 saturated carbocycles. The summed E-state index contributed by atoms with van der Waals surface area (Å²) in [6, 6.07) is 10.2. The van der Waals surface area contributed by atoms with Crippen LogP contribution in [0.25, 0.3) is 0 Å². The summed E-state index contributed by atoms with van der Waals surface area (Å²) < 4.78 is 38.8. The molecule has 3 rings (SSSR count). The predicted octanol–water partition coefficient (Wildman–Crippen LogP) is 4.09. The molecule has 1 aromatic heterocycles. The topological polar surface area (TPSA) is 30.0 Å². The number of ketones is 1. The van der Waals surface area contributed by atoms with Gasteiger partial charge < -0.3 is 0 Å². The summed E-state index contributed by atoms with van der Waals surface area (Å²) in [7, 11) is 0. The van der Waals surface area contributed by atoms with Crippen LogP contribution >= 0.6 is 0 Å². The van der Waals surface area contributed by atoms with E-state index in [-0.39, 0.29) is 17.4 Å². The normalized spacial score (nSPS) is 21.1. The first-order valence-electron chi connectivity index (χ1n) is 6.59. The van der Waals surface area contributed by atoms with Gasteiger partial charge in [-0.25, -0.2) is 0 Å². The summed E-state index contributed by atoms with van der Waals surface area (Å²) in [6.45, 7) is 0. The van der Waals surface area contributed by atoms with Crippen LogP contribution in [0.1, 0.15) is 33.8 Å². The zero-order chi connectivity index (χ0) is 15.0. The number of Topliss-reactive ketones (excluding diaryl/α,β-unsaturated/α-hetero) is 1. The summed E-state index contributed by atoms with van der Waals surface area (Å²) in [4.78, 5) is 16.0.